The van der Waals surface area contributed by atoms with Crippen molar-refractivity contribution >= 4 is 44.2 Å². The van der Waals surface area contributed by atoms with Crippen molar-refractivity contribution in [1.82, 2.24) is 14.7 Å². The zero-order valence-corrected chi connectivity index (χ0v) is 24.8. The third-order valence-electron chi connectivity index (χ3n) is 7.27. The van der Waals surface area contributed by atoms with E-state index in [1.807, 2.05) is 19.1 Å². The van der Waals surface area contributed by atoms with Gasteiger partial charge in [0.15, 0.2) is 5.82 Å². The first kappa shape index (κ1) is 31.0. The van der Waals surface area contributed by atoms with E-state index in [0.717, 1.165) is 50.2 Å². The number of benzene rings is 3. The third kappa shape index (κ3) is 6.56. The molecule has 0 bridgehead atoms. The average molecular weight is 628 g/mol. The number of anilines is 2. The second kappa shape index (κ2) is 12.7. The van der Waals surface area contributed by atoms with Gasteiger partial charge < -0.3 is 20.5 Å². The molecule has 0 radical (unpaired) electrons. The molecule has 1 fully saturated rings. The Morgan fingerprint density at radius 1 is 1.02 bits per heavy atom. The summed E-state index contributed by atoms with van der Waals surface area (Å²) in [5, 5.41) is 19.6. The molecule has 1 amide bonds. The van der Waals surface area contributed by atoms with Crippen LogP contribution in [0.1, 0.15) is 35.7 Å². The average Bonchev–Trinajstić information content (AvgIpc) is 3.60. The Bertz CT molecular complexity index is 1820. The SMILES string of the molecule is COC[C@H](C)Nc1cc(CN2CCCC2)ccc1C(=O)Nc1nn(C(=O)O)c2ccc(S(=O)(=O)c3cc(F)cc(F)c3)cc12. The van der Waals surface area contributed by atoms with Crippen LogP contribution in [0.15, 0.2) is 64.4 Å². The van der Waals surface area contributed by atoms with Crippen molar-refractivity contribution in [2.24, 2.45) is 0 Å². The summed E-state index contributed by atoms with van der Waals surface area (Å²) < 4.78 is 60.0. The number of amides is 1. The first-order chi connectivity index (χ1) is 21.0. The molecule has 0 unspecified atom stereocenters. The van der Waals surface area contributed by atoms with E-state index in [0.29, 0.717) is 35.2 Å². The van der Waals surface area contributed by atoms with Crippen LogP contribution in [0.3, 0.4) is 0 Å². The highest BCUT2D eigenvalue weighted by molar-refractivity contribution is 7.91. The monoisotopic (exact) mass is 627 g/mol. The van der Waals surface area contributed by atoms with Gasteiger partial charge in [0.2, 0.25) is 9.84 Å². The van der Waals surface area contributed by atoms with Gasteiger partial charge in [-0.3, -0.25) is 9.69 Å². The summed E-state index contributed by atoms with van der Waals surface area (Å²) >= 11 is 0. The summed E-state index contributed by atoms with van der Waals surface area (Å²) in [6.07, 6.45) is 0.797. The van der Waals surface area contributed by atoms with Gasteiger partial charge in [-0.25, -0.2) is 22.0 Å². The Kier molecular flexibility index (Phi) is 8.95. The Hall–Kier alpha value is -4.40. The zero-order chi connectivity index (χ0) is 31.6. The lowest BCUT2D eigenvalue weighted by Gasteiger charge is -2.20. The van der Waals surface area contributed by atoms with Gasteiger partial charge in [0.1, 0.15) is 11.6 Å². The van der Waals surface area contributed by atoms with E-state index >= 15 is 0 Å². The Balaban J connectivity index is 1.52. The predicted octanol–water partition coefficient (Wildman–Crippen LogP) is 4.97. The molecule has 3 aromatic carbocycles. The lowest BCUT2D eigenvalue weighted by atomic mass is 10.1. The number of rotatable bonds is 10. The number of carbonyl (C=O) groups excluding carboxylic acids is 1. The molecule has 1 atom stereocenters. The molecule has 1 saturated heterocycles. The molecule has 1 aliphatic rings. The number of nitrogens with zero attached hydrogens (tertiary/aromatic N) is 3. The first-order valence-electron chi connectivity index (χ1n) is 13.9. The van der Waals surface area contributed by atoms with Gasteiger partial charge in [-0.15, -0.1) is 5.10 Å². The largest absolute Gasteiger partial charge is 0.463 e. The molecule has 44 heavy (non-hydrogen) atoms. The van der Waals surface area contributed by atoms with Crippen molar-refractivity contribution in [3.8, 4) is 0 Å². The van der Waals surface area contributed by atoms with Crippen LogP contribution < -0.4 is 10.6 Å². The van der Waals surface area contributed by atoms with E-state index in [-0.39, 0.29) is 33.2 Å². The second-order valence-electron chi connectivity index (χ2n) is 10.6. The van der Waals surface area contributed by atoms with Crippen LogP contribution in [0.5, 0.6) is 0 Å². The van der Waals surface area contributed by atoms with E-state index in [9.17, 15) is 31.9 Å². The van der Waals surface area contributed by atoms with Crippen LogP contribution in [-0.4, -0.2) is 73.1 Å². The molecule has 232 valence electrons. The van der Waals surface area contributed by atoms with Crippen molar-refractivity contribution < 1.29 is 36.6 Å². The van der Waals surface area contributed by atoms with Gasteiger partial charge in [0.25, 0.3) is 5.91 Å². The molecule has 3 N–H and O–H groups in total. The quantitative estimate of drug-likeness (QED) is 0.222. The van der Waals surface area contributed by atoms with Crippen LogP contribution >= 0.6 is 0 Å². The van der Waals surface area contributed by atoms with E-state index in [2.05, 4.69) is 20.6 Å². The van der Waals surface area contributed by atoms with Gasteiger partial charge in [-0.05, 0) is 80.9 Å². The van der Waals surface area contributed by atoms with E-state index in [1.165, 1.54) is 6.07 Å². The molecule has 0 spiro atoms. The fourth-order valence-electron chi connectivity index (χ4n) is 5.26. The highest BCUT2D eigenvalue weighted by Crippen LogP contribution is 2.31. The molecular formula is C30H31F2N5O6S. The summed E-state index contributed by atoms with van der Waals surface area (Å²) in [5.41, 5.74) is 1.77. The van der Waals surface area contributed by atoms with Gasteiger partial charge in [-0.2, -0.15) is 4.68 Å². The van der Waals surface area contributed by atoms with Gasteiger partial charge in [-0.1, -0.05) is 6.07 Å². The van der Waals surface area contributed by atoms with Crippen LogP contribution in [0, 0.1) is 11.6 Å². The molecule has 11 nitrogen and oxygen atoms in total. The number of sulfone groups is 1. The minimum absolute atomic E-state index is 0.00777. The lowest BCUT2D eigenvalue weighted by molar-refractivity contribution is 0.102. The lowest BCUT2D eigenvalue weighted by Crippen LogP contribution is -2.24. The van der Waals surface area contributed by atoms with Crippen molar-refractivity contribution in [3.63, 3.8) is 0 Å². The minimum atomic E-state index is -4.43. The van der Waals surface area contributed by atoms with E-state index < -0.39 is 38.4 Å². The van der Waals surface area contributed by atoms with Crippen molar-refractivity contribution in [2.75, 3.05) is 37.4 Å². The molecule has 4 aromatic rings. The highest BCUT2D eigenvalue weighted by Gasteiger charge is 2.25. The molecule has 0 saturated carbocycles. The van der Waals surface area contributed by atoms with Crippen molar-refractivity contribution in [2.45, 2.75) is 42.1 Å². The van der Waals surface area contributed by atoms with Crippen LogP contribution in [0.25, 0.3) is 10.9 Å². The van der Waals surface area contributed by atoms with E-state index in [4.69, 9.17) is 4.74 Å². The van der Waals surface area contributed by atoms with Crippen molar-refractivity contribution in [3.05, 3.63) is 77.4 Å². The number of aromatic nitrogens is 2. The van der Waals surface area contributed by atoms with Crippen LogP contribution in [-0.2, 0) is 21.1 Å². The topological polar surface area (TPSA) is 143 Å². The number of hydrogen-bond acceptors (Lipinski definition) is 8. The highest BCUT2D eigenvalue weighted by atomic mass is 32.2. The van der Waals surface area contributed by atoms with Crippen LogP contribution in [0.4, 0.5) is 25.1 Å². The number of likely N-dealkylation sites (tertiary alicyclic amines) is 1. The normalized spacial score (nSPS) is 14.5. The molecule has 5 rings (SSSR count). The summed E-state index contributed by atoms with van der Waals surface area (Å²) in [6.45, 7) is 4.98. The molecule has 1 aliphatic heterocycles. The predicted molar refractivity (Wildman–Crippen MR) is 159 cm³/mol. The van der Waals surface area contributed by atoms with Crippen LogP contribution in [0.2, 0.25) is 0 Å². The molecule has 2 heterocycles. The van der Waals surface area contributed by atoms with E-state index in [1.54, 1.807) is 13.2 Å². The zero-order valence-electron chi connectivity index (χ0n) is 24.0. The molecular weight excluding hydrogens is 596 g/mol. The summed E-state index contributed by atoms with van der Waals surface area (Å²) in [4.78, 5) is 26.9. The maximum atomic E-state index is 13.8. The number of carbonyl (C=O) groups is 2. The second-order valence-corrected chi connectivity index (χ2v) is 12.6. The molecule has 14 heteroatoms. The molecule has 1 aromatic heterocycles. The maximum Gasteiger partial charge on any atom is 0.432 e. The van der Waals surface area contributed by atoms with Crippen molar-refractivity contribution in [1.29, 1.82) is 0 Å². The number of carboxylic acid groups (broad SMARTS) is 1. The maximum absolute atomic E-state index is 13.8. The summed E-state index contributed by atoms with van der Waals surface area (Å²) in [6, 6.07) is 10.5. The fraction of sp³-hybridized carbons (Fsp3) is 0.300. The fourth-order valence-corrected chi connectivity index (χ4v) is 6.59. The minimum Gasteiger partial charge on any atom is -0.463 e. The Morgan fingerprint density at radius 2 is 1.73 bits per heavy atom. The number of nitrogens with one attached hydrogen (secondary N) is 2. The number of halogens is 2. The number of hydrogen-bond donors (Lipinski definition) is 3. The number of methoxy groups -OCH3 is 1. The standard InChI is InChI=1S/C30H31F2N5O6S/c1-18(17-43-2)33-26-11-19(16-36-9-3-4-10-36)5-7-24(26)29(38)34-28-25-15-22(6-8-27(25)37(35-28)30(39)40)44(41,42)23-13-20(31)12-21(32)14-23/h5-8,11-15,18,33H,3-4,9-10,16-17H2,1-2H3,(H,39,40)(H,34,35,38)/t18-/m0/s1. The Labute approximate surface area is 252 Å². The Morgan fingerprint density at radius 3 is 2.39 bits per heavy atom. The smallest absolute Gasteiger partial charge is 0.432 e. The molecule has 0 aliphatic carbocycles. The summed E-state index contributed by atoms with van der Waals surface area (Å²) in [5.74, 6) is -2.99. The third-order valence-corrected chi connectivity index (χ3v) is 9.00. The number of fused-ring (bicyclic) bond motifs is 1. The first-order valence-corrected chi connectivity index (χ1v) is 15.3. The van der Waals surface area contributed by atoms with Gasteiger partial charge in [0, 0.05) is 36.8 Å². The van der Waals surface area contributed by atoms with Gasteiger partial charge >= 0.3 is 6.09 Å². The number of ether oxygens (including phenoxy) is 1. The summed E-state index contributed by atoms with van der Waals surface area (Å²) in [7, 11) is -2.86. The van der Waals surface area contributed by atoms with Gasteiger partial charge in [0.05, 0.1) is 27.5 Å².